The quantitative estimate of drug-likeness (QED) is 0.188. The Morgan fingerprint density at radius 3 is 2.04 bits per heavy atom. The Hall–Kier alpha value is -3.69. The fraction of sp³-hybridized carbons (Fsp3) is 0.500. The van der Waals surface area contributed by atoms with Gasteiger partial charge in [-0.05, 0) is 68.0 Å². The van der Waals surface area contributed by atoms with Gasteiger partial charge in [0.1, 0.15) is 6.54 Å². The lowest BCUT2D eigenvalue weighted by molar-refractivity contribution is -0.438. The Kier molecular flexibility index (Phi) is 8.92. The van der Waals surface area contributed by atoms with Crippen molar-refractivity contribution in [3.8, 4) is 0 Å². The van der Waals surface area contributed by atoms with Crippen LogP contribution in [0.25, 0.3) is 12.2 Å². The Morgan fingerprint density at radius 1 is 0.854 bits per heavy atom. The minimum atomic E-state index is -4.60. The summed E-state index contributed by atoms with van der Waals surface area (Å²) in [5.74, 6) is 0.553. The largest absolute Gasteiger partial charge is 0.416 e. The molecule has 0 amide bonds. The summed E-state index contributed by atoms with van der Waals surface area (Å²) in [5.41, 5.74) is -2.52. The lowest BCUT2D eigenvalue weighted by Crippen LogP contribution is -2.66. The first-order valence-corrected chi connectivity index (χ1v) is 16.4. The summed E-state index contributed by atoms with van der Waals surface area (Å²) in [6, 6.07) is 7.18. The van der Waals surface area contributed by atoms with Gasteiger partial charge in [0, 0.05) is 36.2 Å². The number of hydrogen-bond acceptors (Lipinski definition) is 3. The van der Waals surface area contributed by atoms with Gasteiger partial charge >= 0.3 is 12.4 Å². The highest BCUT2D eigenvalue weighted by Crippen LogP contribution is 2.49. The molecule has 5 rings (SSSR count). The van der Waals surface area contributed by atoms with E-state index in [-0.39, 0.29) is 21.9 Å². The lowest BCUT2D eigenvalue weighted by atomic mass is 9.78. The molecule has 0 aliphatic carbocycles. The SMILES string of the molecule is CC(C)CCN1c2ccc(C(F)(F)F)cc2C(C)(C)C1C=c1c(=O)c(=CC2=[N+](CCC(C)C)c3cccc(C(F)(F)F)c3C2(C)C)c1=O. The second-order valence-corrected chi connectivity index (χ2v) is 15.1. The molecule has 3 aromatic rings. The summed E-state index contributed by atoms with van der Waals surface area (Å²) in [6.07, 6.45) is -4.69. The van der Waals surface area contributed by atoms with Crippen LogP contribution in [0, 0.1) is 11.8 Å². The Bertz CT molecular complexity index is 1940. The van der Waals surface area contributed by atoms with Crippen molar-refractivity contribution in [2.24, 2.45) is 11.8 Å². The third-order valence-corrected chi connectivity index (χ3v) is 10.1. The number of alkyl halides is 6. The van der Waals surface area contributed by atoms with Crippen molar-refractivity contribution in [3.05, 3.63) is 89.5 Å². The van der Waals surface area contributed by atoms with Gasteiger partial charge in [-0.1, -0.05) is 47.6 Å². The minimum absolute atomic E-state index is 0.0589. The molecule has 0 aromatic heterocycles. The van der Waals surface area contributed by atoms with Crippen LogP contribution in [0.5, 0.6) is 0 Å². The summed E-state index contributed by atoms with van der Waals surface area (Å²) in [7, 11) is 0. The van der Waals surface area contributed by atoms with E-state index >= 15 is 0 Å². The van der Waals surface area contributed by atoms with Crippen LogP contribution < -0.4 is 26.2 Å². The minimum Gasteiger partial charge on any atom is -0.364 e. The summed E-state index contributed by atoms with van der Waals surface area (Å²) in [6.45, 7) is 16.0. The van der Waals surface area contributed by atoms with Crippen LogP contribution in [0.15, 0.2) is 46.0 Å². The number of rotatable bonds is 8. The molecule has 4 nitrogen and oxygen atoms in total. The monoisotopic (exact) mass is 673 g/mol. The maximum atomic E-state index is 14.2. The van der Waals surface area contributed by atoms with Crippen molar-refractivity contribution in [1.29, 1.82) is 0 Å². The van der Waals surface area contributed by atoms with Crippen molar-refractivity contribution in [2.75, 3.05) is 18.0 Å². The molecule has 1 atom stereocenters. The lowest BCUT2D eigenvalue weighted by Gasteiger charge is -2.33. The Balaban J connectivity index is 1.66. The molecule has 2 aliphatic heterocycles. The fourth-order valence-corrected chi connectivity index (χ4v) is 7.28. The Labute approximate surface area is 276 Å². The number of nitrogens with zero attached hydrogens (tertiary/aromatic N) is 2. The molecule has 0 saturated carbocycles. The normalized spacial score (nSPS) is 18.7. The third kappa shape index (κ3) is 6.04. The predicted molar refractivity (Wildman–Crippen MR) is 178 cm³/mol. The van der Waals surface area contributed by atoms with Crippen LogP contribution in [0.2, 0.25) is 0 Å². The van der Waals surface area contributed by atoms with Gasteiger partial charge in [-0.15, -0.1) is 0 Å². The molecule has 10 heteroatoms. The summed E-state index contributed by atoms with van der Waals surface area (Å²) >= 11 is 0. The van der Waals surface area contributed by atoms with Crippen LogP contribution in [0.4, 0.5) is 37.7 Å². The maximum absolute atomic E-state index is 14.2. The summed E-state index contributed by atoms with van der Waals surface area (Å²) in [5, 5.41) is -0.169. The highest BCUT2D eigenvalue weighted by atomic mass is 19.4. The van der Waals surface area contributed by atoms with Crippen molar-refractivity contribution in [2.45, 2.75) is 97.5 Å². The van der Waals surface area contributed by atoms with Gasteiger partial charge in [0.05, 0.1) is 38.6 Å². The van der Waals surface area contributed by atoms with E-state index in [0.29, 0.717) is 48.1 Å². The molecular formula is C38H43F6N2O2+. The molecule has 2 aliphatic rings. The first kappa shape index (κ1) is 35.6. The second kappa shape index (κ2) is 12.0. The van der Waals surface area contributed by atoms with E-state index in [4.69, 9.17) is 0 Å². The van der Waals surface area contributed by atoms with Crippen LogP contribution in [0.1, 0.15) is 90.5 Å². The first-order valence-electron chi connectivity index (χ1n) is 16.4. The molecule has 0 bridgehead atoms. The number of halogens is 6. The molecule has 2 heterocycles. The van der Waals surface area contributed by atoms with Gasteiger partial charge in [0.2, 0.25) is 16.5 Å². The zero-order chi connectivity index (χ0) is 35.7. The zero-order valence-electron chi connectivity index (χ0n) is 28.7. The molecule has 0 radical (unpaired) electrons. The van der Waals surface area contributed by atoms with Crippen LogP contribution >= 0.6 is 0 Å². The highest BCUT2D eigenvalue weighted by Gasteiger charge is 2.51. The average molecular weight is 674 g/mol. The van der Waals surface area contributed by atoms with E-state index in [2.05, 4.69) is 0 Å². The van der Waals surface area contributed by atoms with Gasteiger partial charge in [-0.2, -0.15) is 30.9 Å². The van der Waals surface area contributed by atoms with Crippen molar-refractivity contribution >= 4 is 29.2 Å². The topological polar surface area (TPSA) is 40.4 Å². The number of hydrogen-bond donors (Lipinski definition) is 0. The molecule has 0 N–H and O–H groups in total. The molecule has 0 spiro atoms. The Morgan fingerprint density at radius 2 is 1.48 bits per heavy atom. The first-order chi connectivity index (χ1) is 22.1. The van der Waals surface area contributed by atoms with E-state index in [0.717, 1.165) is 24.6 Å². The predicted octanol–water partition coefficient (Wildman–Crippen LogP) is 7.22. The molecule has 48 heavy (non-hydrogen) atoms. The standard InChI is InChI=1S/C38H43F6N2O2/c1-21(2)14-16-45-28-13-12-23(37(39,40)41)18-27(28)35(5,6)30(45)19-24-33(47)25(34(24)48)20-31-36(7,8)32-26(38(42,43)44)10-9-11-29(32)46(31)17-15-22(3)4/h9-13,18-22,30H,14-17H2,1-8H3/q+1. The van der Waals surface area contributed by atoms with Crippen molar-refractivity contribution < 1.29 is 30.9 Å². The molecule has 0 saturated heterocycles. The van der Waals surface area contributed by atoms with Gasteiger partial charge in [0.25, 0.3) is 0 Å². The van der Waals surface area contributed by atoms with Crippen molar-refractivity contribution in [1.82, 2.24) is 0 Å². The van der Waals surface area contributed by atoms with Crippen LogP contribution in [0.3, 0.4) is 0 Å². The van der Waals surface area contributed by atoms with E-state index in [9.17, 15) is 35.9 Å². The van der Waals surface area contributed by atoms with Gasteiger partial charge in [-0.3, -0.25) is 9.59 Å². The molecule has 3 aromatic carbocycles. The smallest absolute Gasteiger partial charge is 0.364 e. The molecular weight excluding hydrogens is 630 g/mol. The van der Waals surface area contributed by atoms with E-state index in [1.165, 1.54) is 18.2 Å². The van der Waals surface area contributed by atoms with Crippen LogP contribution in [-0.4, -0.2) is 29.4 Å². The third-order valence-electron chi connectivity index (χ3n) is 10.1. The average Bonchev–Trinajstić information content (AvgIpc) is 3.32. The van der Waals surface area contributed by atoms with E-state index in [1.807, 2.05) is 46.4 Å². The van der Waals surface area contributed by atoms with E-state index in [1.54, 1.807) is 30.6 Å². The van der Waals surface area contributed by atoms with Gasteiger partial charge < -0.3 is 4.90 Å². The fourth-order valence-electron chi connectivity index (χ4n) is 7.28. The zero-order valence-corrected chi connectivity index (χ0v) is 28.7. The number of fused-ring (bicyclic) bond motifs is 2. The molecule has 1 unspecified atom stereocenters. The molecule has 258 valence electrons. The molecule has 0 fully saturated rings. The number of anilines is 1. The van der Waals surface area contributed by atoms with Gasteiger partial charge in [-0.25, -0.2) is 0 Å². The maximum Gasteiger partial charge on any atom is 0.416 e. The van der Waals surface area contributed by atoms with Gasteiger partial charge in [0.15, 0.2) is 5.71 Å². The van der Waals surface area contributed by atoms with Crippen molar-refractivity contribution in [3.63, 3.8) is 0 Å². The van der Waals surface area contributed by atoms with E-state index < -0.39 is 51.2 Å². The number of benzene rings is 2. The summed E-state index contributed by atoms with van der Waals surface area (Å²) < 4.78 is 85.5. The highest BCUT2D eigenvalue weighted by molar-refractivity contribution is 6.15. The summed E-state index contributed by atoms with van der Waals surface area (Å²) in [4.78, 5) is 29.4. The van der Waals surface area contributed by atoms with Crippen LogP contribution in [-0.2, 0) is 23.2 Å². The second-order valence-electron chi connectivity index (χ2n) is 15.1.